The molecule has 0 aromatic heterocycles. The second-order valence-electron chi connectivity index (χ2n) is 7.30. The van der Waals surface area contributed by atoms with E-state index >= 15 is 0 Å². The SMILES string of the molecule is C=C(/C=C/c1cccc(F)c1NC(=O)C1CCN(c2cccc(C)c2)CC1)OC. The van der Waals surface area contributed by atoms with E-state index in [1.54, 1.807) is 24.3 Å². The summed E-state index contributed by atoms with van der Waals surface area (Å²) in [6.07, 6.45) is 4.80. The van der Waals surface area contributed by atoms with Gasteiger partial charge in [-0.15, -0.1) is 0 Å². The van der Waals surface area contributed by atoms with E-state index in [9.17, 15) is 9.18 Å². The van der Waals surface area contributed by atoms with Gasteiger partial charge in [-0.25, -0.2) is 4.39 Å². The van der Waals surface area contributed by atoms with Crippen molar-refractivity contribution in [3.05, 3.63) is 77.8 Å². The van der Waals surface area contributed by atoms with Crippen LogP contribution in [0.3, 0.4) is 0 Å². The lowest BCUT2D eigenvalue weighted by atomic mass is 9.95. The minimum absolute atomic E-state index is 0.138. The molecule has 5 heteroatoms. The van der Waals surface area contributed by atoms with Crippen molar-refractivity contribution in [2.75, 3.05) is 30.4 Å². The van der Waals surface area contributed by atoms with Crippen LogP contribution in [0.4, 0.5) is 15.8 Å². The fraction of sp³-hybridized carbons (Fsp3) is 0.292. The number of carbonyl (C=O) groups is 1. The molecule has 0 spiro atoms. The third-order valence-corrected chi connectivity index (χ3v) is 5.24. The van der Waals surface area contributed by atoms with E-state index in [-0.39, 0.29) is 17.5 Å². The molecule has 1 saturated heterocycles. The van der Waals surface area contributed by atoms with Crippen molar-refractivity contribution >= 4 is 23.4 Å². The largest absolute Gasteiger partial charge is 0.497 e. The molecule has 152 valence electrons. The third-order valence-electron chi connectivity index (χ3n) is 5.24. The molecule has 4 nitrogen and oxygen atoms in total. The van der Waals surface area contributed by atoms with Gasteiger partial charge in [-0.05, 0) is 55.7 Å². The second kappa shape index (κ2) is 9.41. The standard InChI is InChI=1S/C24H27FN2O2/c1-17-6-4-8-21(16-17)27-14-12-20(13-15-27)24(28)26-23-19(7-5-9-22(23)25)11-10-18(2)29-3/h4-11,16,20H,2,12-15H2,1,3H3,(H,26,28)/b11-10+. The molecule has 1 N–H and O–H groups in total. The molecule has 1 aliphatic rings. The van der Waals surface area contributed by atoms with Crippen molar-refractivity contribution in [2.24, 2.45) is 5.92 Å². The van der Waals surface area contributed by atoms with Gasteiger partial charge >= 0.3 is 0 Å². The van der Waals surface area contributed by atoms with Gasteiger partial charge < -0.3 is 15.0 Å². The number of aryl methyl sites for hydroxylation is 1. The van der Waals surface area contributed by atoms with Crippen molar-refractivity contribution < 1.29 is 13.9 Å². The zero-order valence-electron chi connectivity index (χ0n) is 17.0. The van der Waals surface area contributed by atoms with E-state index in [4.69, 9.17) is 4.74 Å². The summed E-state index contributed by atoms with van der Waals surface area (Å²) in [4.78, 5) is 15.1. The summed E-state index contributed by atoms with van der Waals surface area (Å²) in [5.74, 6) is -0.281. The van der Waals surface area contributed by atoms with Crippen LogP contribution in [-0.4, -0.2) is 26.1 Å². The third kappa shape index (κ3) is 5.25. The van der Waals surface area contributed by atoms with Gasteiger partial charge in [0.25, 0.3) is 0 Å². The Hall–Kier alpha value is -3.08. The van der Waals surface area contributed by atoms with E-state index in [0.717, 1.165) is 25.9 Å². The summed E-state index contributed by atoms with van der Waals surface area (Å²) in [5, 5.41) is 2.80. The van der Waals surface area contributed by atoms with Gasteiger partial charge in [-0.3, -0.25) is 4.79 Å². The molecule has 1 fully saturated rings. The Labute approximate surface area is 171 Å². The number of anilines is 2. The first-order chi connectivity index (χ1) is 14.0. The molecule has 0 unspecified atom stereocenters. The molecule has 1 heterocycles. The molecule has 0 bridgehead atoms. The number of nitrogens with one attached hydrogen (secondary N) is 1. The Kier molecular flexibility index (Phi) is 6.70. The highest BCUT2D eigenvalue weighted by molar-refractivity contribution is 5.95. The highest BCUT2D eigenvalue weighted by Crippen LogP contribution is 2.27. The van der Waals surface area contributed by atoms with Gasteiger partial charge in [0, 0.05) is 30.3 Å². The Balaban J connectivity index is 1.66. The van der Waals surface area contributed by atoms with Crippen LogP contribution in [-0.2, 0) is 9.53 Å². The summed E-state index contributed by atoms with van der Waals surface area (Å²) < 4.78 is 19.4. The normalized spacial score (nSPS) is 14.8. The van der Waals surface area contributed by atoms with Crippen LogP contribution in [0.2, 0.25) is 0 Å². The average Bonchev–Trinajstić information content (AvgIpc) is 2.74. The van der Waals surface area contributed by atoms with Crippen LogP contribution in [0.25, 0.3) is 6.08 Å². The fourth-order valence-corrected chi connectivity index (χ4v) is 3.51. The van der Waals surface area contributed by atoms with E-state index < -0.39 is 5.82 Å². The molecule has 1 amide bonds. The quantitative estimate of drug-likeness (QED) is 0.543. The predicted octanol–water partition coefficient (Wildman–Crippen LogP) is 5.16. The number of allylic oxidation sites excluding steroid dienone is 1. The summed E-state index contributed by atoms with van der Waals surface area (Å²) in [7, 11) is 1.52. The van der Waals surface area contributed by atoms with Crippen LogP contribution in [0.1, 0.15) is 24.0 Å². The minimum atomic E-state index is -0.458. The molecule has 2 aromatic rings. The van der Waals surface area contributed by atoms with Gasteiger partial charge in [-0.2, -0.15) is 0 Å². The number of amides is 1. The maximum Gasteiger partial charge on any atom is 0.227 e. The van der Waals surface area contributed by atoms with E-state index in [2.05, 4.69) is 48.0 Å². The molecule has 0 atom stereocenters. The lowest BCUT2D eigenvalue weighted by Gasteiger charge is -2.33. The zero-order valence-corrected chi connectivity index (χ0v) is 17.0. The van der Waals surface area contributed by atoms with Crippen molar-refractivity contribution in [3.63, 3.8) is 0 Å². The molecule has 0 aliphatic carbocycles. The van der Waals surface area contributed by atoms with Gasteiger partial charge in [-0.1, -0.05) is 30.8 Å². The zero-order chi connectivity index (χ0) is 20.8. The molecular weight excluding hydrogens is 367 g/mol. The topological polar surface area (TPSA) is 41.6 Å². The van der Waals surface area contributed by atoms with Crippen LogP contribution >= 0.6 is 0 Å². The number of halogens is 1. The van der Waals surface area contributed by atoms with Gasteiger partial charge in [0.2, 0.25) is 5.91 Å². The average molecular weight is 394 g/mol. The van der Waals surface area contributed by atoms with E-state index in [1.165, 1.54) is 24.4 Å². The summed E-state index contributed by atoms with van der Waals surface area (Å²) in [6.45, 7) is 7.40. The lowest BCUT2D eigenvalue weighted by molar-refractivity contribution is -0.120. The number of nitrogens with zero attached hydrogens (tertiary/aromatic N) is 1. The number of hydrogen-bond donors (Lipinski definition) is 1. The Morgan fingerprint density at radius 1 is 1.24 bits per heavy atom. The van der Waals surface area contributed by atoms with Crippen LogP contribution in [0.5, 0.6) is 0 Å². The predicted molar refractivity (Wildman–Crippen MR) is 116 cm³/mol. The monoisotopic (exact) mass is 394 g/mol. The number of methoxy groups -OCH3 is 1. The molecular formula is C24H27FN2O2. The van der Waals surface area contributed by atoms with E-state index in [0.29, 0.717) is 11.3 Å². The number of ether oxygens (including phenoxy) is 1. The van der Waals surface area contributed by atoms with Gasteiger partial charge in [0.1, 0.15) is 11.6 Å². The fourth-order valence-electron chi connectivity index (χ4n) is 3.51. The van der Waals surface area contributed by atoms with Gasteiger partial charge in [0.15, 0.2) is 0 Å². The number of benzene rings is 2. The molecule has 0 radical (unpaired) electrons. The summed E-state index contributed by atoms with van der Waals surface area (Å²) >= 11 is 0. The van der Waals surface area contributed by atoms with Crippen LogP contribution in [0, 0.1) is 18.7 Å². The smallest absolute Gasteiger partial charge is 0.227 e. The number of hydrogen-bond acceptors (Lipinski definition) is 3. The molecule has 29 heavy (non-hydrogen) atoms. The summed E-state index contributed by atoms with van der Waals surface area (Å²) in [5.41, 5.74) is 3.18. The van der Waals surface area contributed by atoms with Gasteiger partial charge in [0.05, 0.1) is 12.8 Å². The van der Waals surface area contributed by atoms with Crippen molar-refractivity contribution in [1.82, 2.24) is 0 Å². The highest BCUT2D eigenvalue weighted by atomic mass is 19.1. The number of piperidine rings is 1. The highest BCUT2D eigenvalue weighted by Gasteiger charge is 2.26. The first-order valence-electron chi connectivity index (χ1n) is 9.80. The second-order valence-corrected chi connectivity index (χ2v) is 7.30. The molecule has 3 rings (SSSR count). The van der Waals surface area contributed by atoms with Crippen LogP contribution < -0.4 is 10.2 Å². The van der Waals surface area contributed by atoms with Crippen molar-refractivity contribution in [3.8, 4) is 0 Å². The molecule has 1 aliphatic heterocycles. The molecule has 2 aromatic carbocycles. The summed E-state index contributed by atoms with van der Waals surface area (Å²) in [6, 6.07) is 13.1. The van der Waals surface area contributed by atoms with E-state index in [1.807, 2.05) is 0 Å². The lowest BCUT2D eigenvalue weighted by Crippen LogP contribution is -2.38. The minimum Gasteiger partial charge on any atom is -0.497 e. The first-order valence-corrected chi connectivity index (χ1v) is 9.80. The van der Waals surface area contributed by atoms with Crippen molar-refractivity contribution in [1.29, 1.82) is 0 Å². The van der Waals surface area contributed by atoms with Crippen LogP contribution in [0.15, 0.2) is 60.9 Å². The Bertz CT molecular complexity index is 915. The number of rotatable bonds is 6. The Morgan fingerprint density at radius 3 is 2.66 bits per heavy atom. The number of carbonyl (C=O) groups excluding carboxylic acids is 1. The maximum atomic E-state index is 14.4. The Morgan fingerprint density at radius 2 is 1.97 bits per heavy atom. The number of para-hydroxylation sites is 1. The maximum absolute atomic E-state index is 14.4. The first kappa shape index (κ1) is 20.6. The van der Waals surface area contributed by atoms with Crippen molar-refractivity contribution in [2.45, 2.75) is 19.8 Å². The molecule has 0 saturated carbocycles.